The molecule has 0 fully saturated rings. The van der Waals surface area contributed by atoms with Crippen LogP contribution in [0.1, 0.15) is 0 Å². The highest BCUT2D eigenvalue weighted by Gasteiger charge is 2.26. The van der Waals surface area contributed by atoms with Gasteiger partial charge >= 0.3 is 0 Å². The molecule has 3 aromatic heterocycles. The van der Waals surface area contributed by atoms with Crippen LogP contribution in [0.5, 0.6) is 5.75 Å². The molecule has 0 aliphatic rings. The van der Waals surface area contributed by atoms with E-state index in [9.17, 15) is 0 Å². The third kappa shape index (κ3) is 3.78. The molecule has 4 rings (SSSR count). The molecule has 0 saturated carbocycles. The normalized spacial score (nSPS) is 12.6. The first-order valence-corrected chi connectivity index (χ1v) is 10.5. The number of fused-ring (bicyclic) bond motifs is 1. The summed E-state index contributed by atoms with van der Waals surface area (Å²) in [5.41, 5.74) is 1.63. The Kier molecular flexibility index (Phi) is 6.19. The predicted molar refractivity (Wildman–Crippen MR) is 118 cm³/mol. The molecule has 1 aromatic carbocycles. The van der Waals surface area contributed by atoms with Crippen LogP contribution in [0.15, 0.2) is 29.9 Å². The highest BCUT2D eigenvalue weighted by atomic mass is 35.5. The number of likely N-dealkylation sites (N-methyl/N-ethyl adjacent to an activating group) is 1. The molecule has 1 atom stereocenters. The molecular formula is C19H21ClFN7O2S. The standard InChI is InChI=1S/C19H21ClFN7O2S/c1-22-12(8-29-3)31-19-24-18(25-26-19)17-16(28-6-5-23-9-28)10-7-11(30-4)13(20)14(21)15(10)27(17)2/h5-7,9,12,22H,8H2,1-4H3,(H,24,25,26)/t12-/m0/s1. The predicted octanol–water partition coefficient (Wildman–Crippen LogP) is 3.23. The number of nitrogens with one attached hydrogen (secondary N) is 2. The summed E-state index contributed by atoms with van der Waals surface area (Å²) in [5.74, 6) is 0.151. The minimum Gasteiger partial charge on any atom is -0.495 e. The first-order valence-electron chi connectivity index (χ1n) is 9.28. The van der Waals surface area contributed by atoms with Crippen LogP contribution in [0, 0.1) is 5.82 Å². The molecule has 0 saturated heterocycles. The SMILES string of the molecule is CN[C@H](COC)Sc1nnc(-c2c(-n3ccnc3)c3cc(OC)c(Cl)c(F)c3n2C)[nH]1. The number of aryl methyl sites for hydroxylation is 1. The summed E-state index contributed by atoms with van der Waals surface area (Å²) < 4.78 is 29.2. The molecule has 164 valence electrons. The van der Waals surface area contributed by atoms with E-state index in [0.717, 1.165) is 0 Å². The third-order valence-corrected chi connectivity index (χ3v) is 6.28. The fraction of sp³-hybridized carbons (Fsp3) is 0.316. The number of nitrogens with zero attached hydrogens (tertiary/aromatic N) is 5. The summed E-state index contributed by atoms with van der Waals surface area (Å²) in [4.78, 5) is 7.36. The second-order valence-corrected chi connectivity index (χ2v) is 8.23. The quantitative estimate of drug-likeness (QED) is 0.304. The van der Waals surface area contributed by atoms with Gasteiger partial charge in [0.1, 0.15) is 16.5 Å². The van der Waals surface area contributed by atoms with Crippen LogP contribution in [-0.4, -0.2) is 62.5 Å². The average molecular weight is 466 g/mol. The number of ether oxygens (including phenoxy) is 2. The molecular weight excluding hydrogens is 445 g/mol. The Bertz CT molecular complexity index is 1210. The van der Waals surface area contributed by atoms with Crippen molar-refractivity contribution in [2.24, 2.45) is 7.05 Å². The van der Waals surface area contributed by atoms with Gasteiger partial charge in [-0.2, -0.15) is 0 Å². The van der Waals surface area contributed by atoms with Crippen molar-refractivity contribution in [2.75, 3.05) is 27.9 Å². The van der Waals surface area contributed by atoms with Crippen molar-refractivity contribution >= 4 is 34.3 Å². The Hall–Kier alpha value is -2.60. The van der Waals surface area contributed by atoms with Gasteiger partial charge < -0.3 is 28.9 Å². The summed E-state index contributed by atoms with van der Waals surface area (Å²) in [6.45, 7) is 0.495. The van der Waals surface area contributed by atoms with Crippen LogP contribution in [0.25, 0.3) is 28.1 Å². The van der Waals surface area contributed by atoms with E-state index in [1.54, 1.807) is 48.1 Å². The minimum atomic E-state index is -0.574. The summed E-state index contributed by atoms with van der Waals surface area (Å²) in [6.07, 6.45) is 5.06. The van der Waals surface area contributed by atoms with Gasteiger partial charge in [-0.1, -0.05) is 23.4 Å². The third-order valence-electron chi connectivity index (χ3n) is 4.86. The van der Waals surface area contributed by atoms with Crippen LogP contribution in [-0.2, 0) is 11.8 Å². The van der Waals surface area contributed by atoms with Gasteiger partial charge in [0.15, 0.2) is 16.8 Å². The van der Waals surface area contributed by atoms with E-state index < -0.39 is 5.82 Å². The van der Waals surface area contributed by atoms with Crippen LogP contribution >= 0.6 is 23.4 Å². The molecule has 2 N–H and O–H groups in total. The fourth-order valence-corrected chi connectivity index (χ4v) is 4.50. The van der Waals surface area contributed by atoms with Gasteiger partial charge in [0, 0.05) is 31.9 Å². The lowest BCUT2D eigenvalue weighted by atomic mass is 10.2. The average Bonchev–Trinajstić information content (AvgIpc) is 3.49. The number of methoxy groups -OCH3 is 2. The van der Waals surface area contributed by atoms with Crippen molar-refractivity contribution < 1.29 is 13.9 Å². The first-order chi connectivity index (χ1) is 15.0. The maximum Gasteiger partial charge on any atom is 0.190 e. The molecule has 0 radical (unpaired) electrons. The Balaban J connectivity index is 1.92. The van der Waals surface area contributed by atoms with Crippen molar-refractivity contribution in [1.29, 1.82) is 0 Å². The largest absolute Gasteiger partial charge is 0.495 e. The van der Waals surface area contributed by atoms with Gasteiger partial charge in [-0.15, -0.1) is 10.2 Å². The zero-order chi connectivity index (χ0) is 22.1. The number of halogens is 2. The van der Waals surface area contributed by atoms with Crippen LogP contribution < -0.4 is 10.1 Å². The number of hydrogen-bond donors (Lipinski definition) is 2. The zero-order valence-electron chi connectivity index (χ0n) is 17.3. The molecule has 0 amide bonds. The number of benzene rings is 1. The van der Waals surface area contributed by atoms with E-state index >= 15 is 4.39 Å². The number of imidazole rings is 1. The molecule has 0 unspecified atom stereocenters. The van der Waals surface area contributed by atoms with Crippen LogP contribution in [0.4, 0.5) is 4.39 Å². The van der Waals surface area contributed by atoms with E-state index in [-0.39, 0.29) is 16.1 Å². The van der Waals surface area contributed by atoms with Gasteiger partial charge in [0.05, 0.1) is 36.6 Å². The lowest BCUT2D eigenvalue weighted by Gasteiger charge is -2.11. The Morgan fingerprint density at radius 2 is 2.16 bits per heavy atom. The van der Waals surface area contributed by atoms with E-state index in [1.807, 2.05) is 7.05 Å². The molecule has 9 nitrogen and oxygen atoms in total. The molecule has 0 bridgehead atoms. The van der Waals surface area contributed by atoms with Crippen molar-refractivity contribution in [3.8, 4) is 23.0 Å². The Morgan fingerprint density at radius 3 is 2.81 bits per heavy atom. The van der Waals surface area contributed by atoms with Gasteiger partial charge in [-0.05, 0) is 13.1 Å². The highest BCUT2D eigenvalue weighted by Crippen LogP contribution is 2.41. The van der Waals surface area contributed by atoms with Gasteiger partial charge in [-0.25, -0.2) is 9.37 Å². The molecule has 12 heteroatoms. The van der Waals surface area contributed by atoms with E-state index in [1.165, 1.54) is 18.9 Å². The van der Waals surface area contributed by atoms with Gasteiger partial charge in [-0.3, -0.25) is 0 Å². The number of aromatic nitrogens is 6. The number of thioether (sulfide) groups is 1. The van der Waals surface area contributed by atoms with Crippen molar-refractivity contribution in [2.45, 2.75) is 10.5 Å². The van der Waals surface area contributed by atoms with E-state index in [2.05, 4.69) is 25.5 Å². The topological polar surface area (TPSA) is 94.8 Å². The first kappa shape index (κ1) is 21.6. The van der Waals surface area contributed by atoms with E-state index in [0.29, 0.717) is 39.9 Å². The summed E-state index contributed by atoms with van der Waals surface area (Å²) in [6, 6.07) is 1.71. The molecule has 0 spiro atoms. The fourth-order valence-electron chi connectivity index (χ4n) is 3.44. The van der Waals surface area contributed by atoms with Crippen molar-refractivity contribution in [1.82, 2.24) is 34.6 Å². The van der Waals surface area contributed by atoms with E-state index in [4.69, 9.17) is 21.1 Å². The van der Waals surface area contributed by atoms with Crippen molar-refractivity contribution in [3.05, 3.63) is 35.6 Å². The number of H-pyrrole nitrogens is 1. The Labute approximate surface area is 186 Å². The molecule has 3 heterocycles. The lowest BCUT2D eigenvalue weighted by Crippen LogP contribution is -2.26. The minimum absolute atomic E-state index is 0.00749. The molecule has 0 aliphatic heterocycles. The number of hydrogen-bond acceptors (Lipinski definition) is 7. The highest BCUT2D eigenvalue weighted by molar-refractivity contribution is 7.99. The molecule has 0 aliphatic carbocycles. The maximum atomic E-state index is 15.2. The summed E-state index contributed by atoms with van der Waals surface area (Å²) in [7, 11) is 6.68. The zero-order valence-corrected chi connectivity index (χ0v) is 18.9. The monoisotopic (exact) mass is 465 g/mol. The molecule has 31 heavy (non-hydrogen) atoms. The second kappa shape index (κ2) is 8.87. The van der Waals surface area contributed by atoms with Gasteiger partial charge in [0.2, 0.25) is 0 Å². The summed E-state index contributed by atoms with van der Waals surface area (Å²) >= 11 is 7.64. The molecule has 4 aromatic rings. The van der Waals surface area contributed by atoms with Gasteiger partial charge in [0.25, 0.3) is 0 Å². The van der Waals surface area contributed by atoms with Crippen LogP contribution in [0.3, 0.4) is 0 Å². The second-order valence-electron chi connectivity index (χ2n) is 6.66. The maximum absolute atomic E-state index is 15.2. The summed E-state index contributed by atoms with van der Waals surface area (Å²) in [5, 5.41) is 12.8. The van der Waals surface area contributed by atoms with Crippen molar-refractivity contribution in [3.63, 3.8) is 0 Å². The smallest absolute Gasteiger partial charge is 0.190 e. The lowest BCUT2D eigenvalue weighted by molar-refractivity contribution is 0.193. The Morgan fingerprint density at radius 1 is 1.35 bits per heavy atom. The number of rotatable bonds is 8. The number of aromatic amines is 1. The van der Waals surface area contributed by atoms with Crippen LogP contribution in [0.2, 0.25) is 5.02 Å².